The summed E-state index contributed by atoms with van der Waals surface area (Å²) in [7, 11) is 0. The predicted molar refractivity (Wildman–Crippen MR) is 315 cm³/mol. The molecule has 7 heteroatoms. The average Bonchev–Trinajstić information content (AvgIpc) is 3.64. The van der Waals surface area contributed by atoms with E-state index in [0.717, 1.165) is 139 Å². The highest BCUT2D eigenvalue weighted by Gasteiger charge is 2.45. The molecular weight excluding hydrogens is 961 g/mol. The van der Waals surface area contributed by atoms with Gasteiger partial charge in [-0.1, -0.05) is 96.5 Å². The molecule has 0 unspecified atom stereocenters. The standard InChI is InChI=1S/C71H78N2O5/c1-5-72(6-2)46-42-70(43-47-72)61-28-35-65(36-29-61)74-50-12-51-75-67-39-32-63(33-40-67)71(44-48-73(7-3,8-4)49-45-71)64-34-41-68(77-53-13-52-76-66-37-30-62(70)31-38-66)69(54-64)78-55-60-26-24-59(25-27-60)23-22-58-20-18-57(19-21-58)17-16-56-14-10-9-11-15-56/h9-11,14-15,18-21,24-41,54H,5-8,12-13,42-53,55H2,1-4H3/q+2. The van der Waals surface area contributed by atoms with Crippen LogP contribution in [-0.4, -0.2) is 87.8 Å². The van der Waals surface area contributed by atoms with Crippen LogP contribution in [-0.2, 0) is 17.4 Å². The first-order valence-electron chi connectivity index (χ1n) is 28.8. The second-order valence-corrected chi connectivity index (χ2v) is 21.8. The maximum absolute atomic E-state index is 6.84. The highest BCUT2D eigenvalue weighted by atomic mass is 16.5. The van der Waals surface area contributed by atoms with Crippen LogP contribution in [0.5, 0.6) is 28.7 Å². The maximum Gasteiger partial charge on any atom is 0.161 e. The number of likely N-dealkylation sites (tertiary alicyclic amines) is 2. The maximum atomic E-state index is 6.84. The van der Waals surface area contributed by atoms with Gasteiger partial charge in [0.15, 0.2) is 11.5 Å². The number of ether oxygens (including phenoxy) is 5. The minimum Gasteiger partial charge on any atom is -0.493 e. The number of rotatable bonds is 7. The molecule has 0 saturated carbocycles. The van der Waals surface area contributed by atoms with Crippen molar-refractivity contribution in [3.63, 3.8) is 0 Å². The summed E-state index contributed by atoms with van der Waals surface area (Å²) >= 11 is 0. The van der Waals surface area contributed by atoms with E-state index in [0.29, 0.717) is 33.0 Å². The van der Waals surface area contributed by atoms with Crippen molar-refractivity contribution in [2.24, 2.45) is 0 Å². The van der Waals surface area contributed by atoms with Crippen LogP contribution in [0.15, 0.2) is 170 Å². The summed E-state index contributed by atoms with van der Waals surface area (Å²) in [6.07, 6.45) is 5.75. The molecule has 400 valence electrons. The van der Waals surface area contributed by atoms with Crippen molar-refractivity contribution in [3.8, 4) is 52.4 Å². The molecule has 0 aromatic heterocycles. The fourth-order valence-corrected chi connectivity index (χ4v) is 12.2. The zero-order valence-corrected chi connectivity index (χ0v) is 46.5. The first-order chi connectivity index (χ1) is 38.3. The van der Waals surface area contributed by atoms with E-state index < -0.39 is 0 Å². The van der Waals surface area contributed by atoms with Crippen LogP contribution in [0, 0.1) is 23.7 Å². The van der Waals surface area contributed by atoms with E-state index in [2.05, 4.69) is 167 Å². The SMILES string of the molecule is CC[N+]1(CC)CCC2(CC1)c1ccc(cc1)OCCCOc1ccc(cc1)C1(CC[N+](CC)(CC)CC1)c1ccc(c(OCc3ccc(C#Cc4ccc(C#Cc5ccccc5)cc4)cc3)c1)OCCCOc1ccc2cc1. The molecule has 0 amide bonds. The summed E-state index contributed by atoms with van der Waals surface area (Å²) in [5, 5.41) is 0. The third-order valence-corrected chi connectivity index (χ3v) is 17.8. The fraction of sp³-hybridized carbons (Fsp3) is 0.352. The van der Waals surface area contributed by atoms with Crippen molar-refractivity contribution in [1.29, 1.82) is 0 Å². The van der Waals surface area contributed by atoms with Gasteiger partial charge < -0.3 is 32.7 Å². The molecule has 9 heterocycles. The lowest BCUT2D eigenvalue weighted by molar-refractivity contribution is -0.930. The van der Waals surface area contributed by atoms with Crippen LogP contribution in [0.3, 0.4) is 0 Å². The zero-order valence-electron chi connectivity index (χ0n) is 46.5. The first-order valence-corrected chi connectivity index (χ1v) is 28.8. The lowest BCUT2D eigenvalue weighted by atomic mass is 9.67. The molecule has 16 rings (SSSR count). The van der Waals surface area contributed by atoms with E-state index in [1.165, 1.54) is 39.8 Å². The summed E-state index contributed by atoms with van der Waals surface area (Å²) in [5.74, 6) is 17.3. The van der Waals surface area contributed by atoms with Gasteiger partial charge in [0.25, 0.3) is 0 Å². The highest BCUT2D eigenvalue weighted by molar-refractivity contribution is 5.52. The fourth-order valence-electron chi connectivity index (χ4n) is 12.2. The van der Waals surface area contributed by atoms with E-state index in [1.54, 1.807) is 0 Å². The van der Waals surface area contributed by atoms with Crippen molar-refractivity contribution in [3.05, 3.63) is 220 Å². The van der Waals surface area contributed by atoms with E-state index >= 15 is 0 Å². The van der Waals surface area contributed by atoms with Crippen molar-refractivity contribution in [1.82, 2.24) is 0 Å². The van der Waals surface area contributed by atoms with Gasteiger partial charge in [0.05, 0.1) is 78.8 Å². The van der Waals surface area contributed by atoms with Gasteiger partial charge in [0, 0.05) is 71.6 Å². The third-order valence-electron chi connectivity index (χ3n) is 17.8. The molecule has 2 saturated heterocycles. The number of benzene rings is 7. The summed E-state index contributed by atoms with van der Waals surface area (Å²) in [6.45, 7) is 21.1. The minimum atomic E-state index is -0.210. The Morgan fingerprint density at radius 3 is 1.17 bits per heavy atom. The van der Waals surface area contributed by atoms with E-state index in [-0.39, 0.29) is 10.8 Å². The van der Waals surface area contributed by atoms with Gasteiger partial charge >= 0.3 is 0 Å². The van der Waals surface area contributed by atoms with Crippen molar-refractivity contribution in [2.45, 2.75) is 83.7 Å². The van der Waals surface area contributed by atoms with Gasteiger partial charge in [-0.2, -0.15) is 0 Å². The van der Waals surface area contributed by atoms with Crippen molar-refractivity contribution < 1.29 is 32.7 Å². The lowest BCUT2D eigenvalue weighted by Crippen LogP contribution is -2.56. The van der Waals surface area contributed by atoms with Gasteiger partial charge in [0.1, 0.15) is 23.9 Å². The molecular formula is C71H78N2O5+2. The van der Waals surface area contributed by atoms with Gasteiger partial charge in [-0.15, -0.1) is 0 Å². The molecule has 9 aliphatic rings. The Morgan fingerprint density at radius 1 is 0.397 bits per heavy atom. The van der Waals surface area contributed by atoms with Crippen molar-refractivity contribution in [2.75, 3.05) is 78.8 Å². The zero-order chi connectivity index (χ0) is 53.7. The summed E-state index contributed by atoms with van der Waals surface area (Å²) in [6, 6.07) is 59.9. The minimum absolute atomic E-state index is 0.0735. The molecule has 7 aromatic carbocycles. The molecule has 0 aliphatic carbocycles. The van der Waals surface area contributed by atoms with E-state index in [1.807, 2.05) is 54.6 Å². The van der Waals surface area contributed by atoms with Crippen LogP contribution in [0.25, 0.3) is 0 Å². The molecule has 0 radical (unpaired) electrons. The number of nitrogens with zero attached hydrogens (tertiary/aromatic N) is 2. The summed E-state index contributed by atoms with van der Waals surface area (Å²) in [4.78, 5) is 0. The topological polar surface area (TPSA) is 46.2 Å². The van der Waals surface area contributed by atoms with Gasteiger partial charge in [-0.3, -0.25) is 0 Å². The molecule has 0 N–H and O–H groups in total. The molecule has 8 bridgehead atoms. The molecule has 0 atom stereocenters. The van der Waals surface area contributed by atoms with Crippen LogP contribution < -0.4 is 23.7 Å². The van der Waals surface area contributed by atoms with Crippen LogP contribution in [0.2, 0.25) is 0 Å². The van der Waals surface area contributed by atoms with Gasteiger partial charge in [0.2, 0.25) is 0 Å². The normalized spacial score (nSPS) is 17.4. The lowest BCUT2D eigenvalue weighted by Gasteiger charge is -2.48. The Hall–Kier alpha value is -7.42. The average molecular weight is 1040 g/mol. The Kier molecular flexibility index (Phi) is 17.2. The molecule has 9 aliphatic heterocycles. The van der Waals surface area contributed by atoms with Crippen molar-refractivity contribution >= 4 is 0 Å². The number of quaternary nitrogens is 2. The highest BCUT2D eigenvalue weighted by Crippen LogP contribution is 2.47. The molecule has 2 spiro atoms. The van der Waals surface area contributed by atoms with E-state index in [4.69, 9.17) is 23.7 Å². The molecule has 7 nitrogen and oxygen atoms in total. The quantitative estimate of drug-likeness (QED) is 0.118. The number of hydrogen-bond donors (Lipinski definition) is 0. The van der Waals surface area contributed by atoms with Crippen LogP contribution in [0.1, 0.15) is 116 Å². The Balaban J connectivity index is 0.889. The Bertz CT molecular complexity index is 3150. The Labute approximate surface area is 465 Å². The van der Waals surface area contributed by atoms with E-state index in [9.17, 15) is 0 Å². The summed E-state index contributed by atoms with van der Waals surface area (Å²) < 4.78 is 34.9. The van der Waals surface area contributed by atoms with Crippen LogP contribution >= 0.6 is 0 Å². The molecule has 7 aromatic rings. The predicted octanol–water partition coefficient (Wildman–Crippen LogP) is 13.9. The van der Waals surface area contributed by atoms with Gasteiger partial charge in [-0.05, 0) is 153 Å². The largest absolute Gasteiger partial charge is 0.493 e. The second kappa shape index (κ2) is 24.9. The summed E-state index contributed by atoms with van der Waals surface area (Å²) in [5.41, 5.74) is 9.88. The Morgan fingerprint density at radius 2 is 0.756 bits per heavy atom. The van der Waals surface area contributed by atoms with Gasteiger partial charge in [-0.25, -0.2) is 0 Å². The molecule has 78 heavy (non-hydrogen) atoms. The monoisotopic (exact) mass is 1040 g/mol. The first kappa shape index (κ1) is 54.0. The third kappa shape index (κ3) is 12.5. The second-order valence-electron chi connectivity index (χ2n) is 21.8. The molecule has 2 fully saturated rings. The van der Waals surface area contributed by atoms with Crippen LogP contribution in [0.4, 0.5) is 0 Å². The number of hydrogen-bond acceptors (Lipinski definition) is 5. The smallest absolute Gasteiger partial charge is 0.161 e. The number of piperidine rings is 2.